The fraction of sp³-hybridized carbons (Fsp3) is 0.333. The molecule has 1 saturated heterocycles. The SMILES string of the molecule is CN(C(=O)c1ccn(-c2c(F)cccc2F)n1)[C@H]1CCNC1. The molecular formula is C15H16F2N4O. The molecule has 1 aliphatic rings. The predicted molar refractivity (Wildman–Crippen MR) is 76.8 cm³/mol. The van der Waals surface area contributed by atoms with E-state index in [9.17, 15) is 13.6 Å². The Balaban J connectivity index is 1.86. The van der Waals surface area contributed by atoms with Gasteiger partial charge in [0.25, 0.3) is 5.91 Å². The van der Waals surface area contributed by atoms with E-state index in [4.69, 9.17) is 0 Å². The van der Waals surface area contributed by atoms with Gasteiger partial charge in [0.05, 0.1) is 0 Å². The fourth-order valence-corrected chi connectivity index (χ4v) is 2.59. The summed E-state index contributed by atoms with van der Waals surface area (Å²) in [6.07, 6.45) is 2.26. The molecule has 0 saturated carbocycles. The number of benzene rings is 1. The van der Waals surface area contributed by atoms with E-state index >= 15 is 0 Å². The summed E-state index contributed by atoms with van der Waals surface area (Å²) in [6, 6.07) is 5.16. The van der Waals surface area contributed by atoms with Crippen molar-refractivity contribution < 1.29 is 13.6 Å². The summed E-state index contributed by atoms with van der Waals surface area (Å²) in [7, 11) is 1.71. The zero-order valence-corrected chi connectivity index (χ0v) is 12.1. The molecule has 0 radical (unpaired) electrons. The molecule has 1 amide bonds. The average molecular weight is 306 g/mol. The van der Waals surface area contributed by atoms with Gasteiger partial charge in [-0.05, 0) is 31.2 Å². The molecule has 22 heavy (non-hydrogen) atoms. The summed E-state index contributed by atoms with van der Waals surface area (Å²) in [6.45, 7) is 1.61. The zero-order chi connectivity index (χ0) is 15.7. The average Bonchev–Trinajstić information content (AvgIpc) is 3.17. The van der Waals surface area contributed by atoms with Gasteiger partial charge in [0, 0.05) is 25.8 Å². The maximum absolute atomic E-state index is 13.7. The molecule has 116 valence electrons. The topological polar surface area (TPSA) is 50.2 Å². The number of hydrogen-bond donors (Lipinski definition) is 1. The van der Waals surface area contributed by atoms with Crippen LogP contribution in [0, 0.1) is 11.6 Å². The van der Waals surface area contributed by atoms with Gasteiger partial charge < -0.3 is 10.2 Å². The minimum atomic E-state index is -0.726. The van der Waals surface area contributed by atoms with Crippen LogP contribution in [0.25, 0.3) is 5.69 Å². The second-order valence-corrected chi connectivity index (χ2v) is 5.28. The van der Waals surface area contributed by atoms with Crippen molar-refractivity contribution in [1.29, 1.82) is 0 Å². The van der Waals surface area contributed by atoms with Crippen molar-refractivity contribution >= 4 is 5.91 Å². The first kappa shape index (κ1) is 14.6. The van der Waals surface area contributed by atoms with E-state index in [0.717, 1.165) is 36.3 Å². The highest BCUT2D eigenvalue weighted by Gasteiger charge is 2.25. The Morgan fingerprint density at radius 1 is 1.36 bits per heavy atom. The Kier molecular flexibility index (Phi) is 3.89. The number of carbonyl (C=O) groups is 1. The molecule has 0 unspecified atom stereocenters. The third-order valence-electron chi connectivity index (χ3n) is 3.88. The fourth-order valence-electron chi connectivity index (χ4n) is 2.59. The first-order chi connectivity index (χ1) is 10.6. The van der Waals surface area contributed by atoms with Crippen molar-refractivity contribution in [3.8, 4) is 5.69 Å². The molecule has 0 bridgehead atoms. The van der Waals surface area contributed by atoms with E-state index in [0.29, 0.717) is 0 Å². The molecule has 2 aromatic rings. The van der Waals surface area contributed by atoms with Crippen molar-refractivity contribution in [1.82, 2.24) is 20.0 Å². The molecule has 2 heterocycles. The Bertz CT molecular complexity index is 674. The van der Waals surface area contributed by atoms with Gasteiger partial charge in [-0.1, -0.05) is 6.07 Å². The molecule has 1 aliphatic heterocycles. The molecule has 1 atom stereocenters. The lowest BCUT2D eigenvalue weighted by Crippen LogP contribution is -2.38. The third kappa shape index (κ3) is 2.59. The number of likely N-dealkylation sites (N-methyl/N-ethyl adjacent to an activating group) is 1. The van der Waals surface area contributed by atoms with Gasteiger partial charge in [0.15, 0.2) is 17.3 Å². The minimum absolute atomic E-state index is 0.114. The third-order valence-corrected chi connectivity index (χ3v) is 3.88. The number of amides is 1. The van der Waals surface area contributed by atoms with Crippen molar-refractivity contribution in [2.45, 2.75) is 12.5 Å². The smallest absolute Gasteiger partial charge is 0.274 e. The summed E-state index contributed by atoms with van der Waals surface area (Å²) in [5.74, 6) is -1.71. The predicted octanol–water partition coefficient (Wildman–Crippen LogP) is 1.58. The number of carbonyl (C=O) groups excluding carboxylic acids is 1. The first-order valence-corrected chi connectivity index (χ1v) is 7.06. The van der Waals surface area contributed by atoms with Crippen LogP contribution in [-0.4, -0.2) is 46.8 Å². The van der Waals surface area contributed by atoms with E-state index in [1.807, 2.05) is 0 Å². The molecule has 1 aromatic heterocycles. The quantitative estimate of drug-likeness (QED) is 0.937. The number of rotatable bonds is 3. The second kappa shape index (κ2) is 5.84. The van der Waals surface area contributed by atoms with Crippen LogP contribution in [0.1, 0.15) is 16.9 Å². The van der Waals surface area contributed by atoms with Gasteiger partial charge in [-0.2, -0.15) is 5.10 Å². The van der Waals surface area contributed by atoms with Gasteiger partial charge in [-0.3, -0.25) is 4.79 Å². The van der Waals surface area contributed by atoms with Crippen molar-refractivity contribution in [2.75, 3.05) is 20.1 Å². The number of halogens is 2. The molecule has 7 heteroatoms. The van der Waals surface area contributed by atoms with Crippen LogP contribution in [0.4, 0.5) is 8.78 Å². The Morgan fingerprint density at radius 3 is 2.73 bits per heavy atom. The van der Waals surface area contributed by atoms with Crippen LogP contribution in [-0.2, 0) is 0 Å². The lowest BCUT2D eigenvalue weighted by molar-refractivity contribution is 0.0737. The Morgan fingerprint density at radius 2 is 2.09 bits per heavy atom. The van der Waals surface area contributed by atoms with Crippen molar-refractivity contribution in [3.63, 3.8) is 0 Å². The summed E-state index contributed by atoms with van der Waals surface area (Å²) in [5.41, 5.74) is -0.121. The van der Waals surface area contributed by atoms with Crippen LogP contribution in [0.3, 0.4) is 0 Å². The van der Waals surface area contributed by atoms with Crippen molar-refractivity contribution in [2.24, 2.45) is 0 Å². The van der Waals surface area contributed by atoms with Gasteiger partial charge in [0.1, 0.15) is 5.69 Å². The number of nitrogens with one attached hydrogen (secondary N) is 1. The summed E-state index contributed by atoms with van der Waals surface area (Å²) >= 11 is 0. The van der Waals surface area contributed by atoms with Crippen molar-refractivity contribution in [3.05, 3.63) is 47.8 Å². The van der Waals surface area contributed by atoms with Crippen LogP contribution >= 0.6 is 0 Å². The number of aromatic nitrogens is 2. The Labute approximate surface area is 126 Å². The normalized spacial score (nSPS) is 17.7. The number of para-hydroxylation sites is 1. The standard InChI is InChI=1S/C15H16F2N4O/c1-20(10-5-7-18-9-10)15(22)13-6-8-21(19-13)14-11(16)3-2-4-12(14)17/h2-4,6,8,10,18H,5,7,9H2,1H3/t10-/m0/s1. The maximum atomic E-state index is 13.7. The Hall–Kier alpha value is -2.28. The first-order valence-electron chi connectivity index (χ1n) is 7.06. The highest BCUT2D eigenvalue weighted by molar-refractivity contribution is 5.92. The molecule has 5 nitrogen and oxygen atoms in total. The van der Waals surface area contributed by atoms with Gasteiger partial charge in [0.2, 0.25) is 0 Å². The largest absolute Gasteiger partial charge is 0.336 e. The van der Waals surface area contributed by atoms with Crippen LogP contribution in [0.5, 0.6) is 0 Å². The van der Waals surface area contributed by atoms with E-state index in [1.165, 1.54) is 18.3 Å². The maximum Gasteiger partial charge on any atom is 0.274 e. The molecule has 1 fully saturated rings. The molecule has 3 rings (SSSR count). The summed E-state index contributed by atoms with van der Waals surface area (Å²) in [4.78, 5) is 14.0. The number of hydrogen-bond acceptors (Lipinski definition) is 3. The molecular weight excluding hydrogens is 290 g/mol. The van der Waals surface area contributed by atoms with E-state index in [1.54, 1.807) is 11.9 Å². The van der Waals surface area contributed by atoms with E-state index in [2.05, 4.69) is 10.4 Å². The number of nitrogens with zero attached hydrogens (tertiary/aromatic N) is 3. The van der Waals surface area contributed by atoms with Crippen LogP contribution < -0.4 is 5.32 Å². The van der Waals surface area contributed by atoms with Gasteiger partial charge in [-0.15, -0.1) is 0 Å². The van der Waals surface area contributed by atoms with Crippen LogP contribution in [0.15, 0.2) is 30.5 Å². The second-order valence-electron chi connectivity index (χ2n) is 5.28. The lowest BCUT2D eigenvalue weighted by Gasteiger charge is -2.22. The molecule has 0 spiro atoms. The minimum Gasteiger partial charge on any atom is -0.336 e. The molecule has 1 N–H and O–H groups in total. The molecule has 1 aromatic carbocycles. The summed E-state index contributed by atoms with van der Waals surface area (Å²) < 4.78 is 28.5. The molecule has 0 aliphatic carbocycles. The lowest BCUT2D eigenvalue weighted by atomic mass is 10.2. The van der Waals surface area contributed by atoms with Gasteiger partial charge in [-0.25, -0.2) is 13.5 Å². The monoisotopic (exact) mass is 306 g/mol. The zero-order valence-electron chi connectivity index (χ0n) is 12.1. The highest BCUT2D eigenvalue weighted by atomic mass is 19.1. The van der Waals surface area contributed by atoms with Crippen LogP contribution in [0.2, 0.25) is 0 Å². The highest BCUT2D eigenvalue weighted by Crippen LogP contribution is 2.18. The summed E-state index contributed by atoms with van der Waals surface area (Å²) in [5, 5.41) is 7.21. The van der Waals surface area contributed by atoms with E-state index < -0.39 is 11.6 Å². The van der Waals surface area contributed by atoms with E-state index in [-0.39, 0.29) is 23.3 Å². The van der Waals surface area contributed by atoms with Gasteiger partial charge >= 0.3 is 0 Å².